The number of nitrogens with one attached hydrogen (secondary N) is 1. The van der Waals surface area contributed by atoms with Crippen molar-refractivity contribution in [1.29, 1.82) is 0 Å². The first-order valence-corrected chi connectivity index (χ1v) is 6.74. The number of benzene rings is 1. The minimum atomic E-state index is -0.268. The molecule has 0 fully saturated rings. The molecule has 0 bridgehead atoms. The van der Waals surface area contributed by atoms with E-state index in [-0.39, 0.29) is 11.9 Å². The Kier molecular flexibility index (Phi) is 4.55. The summed E-state index contributed by atoms with van der Waals surface area (Å²) in [5.74, 6) is 0.476. The highest BCUT2D eigenvalue weighted by Gasteiger charge is 2.22. The van der Waals surface area contributed by atoms with Crippen molar-refractivity contribution in [3.63, 3.8) is 0 Å². The van der Waals surface area contributed by atoms with Crippen molar-refractivity contribution in [2.45, 2.75) is 19.4 Å². The first kappa shape index (κ1) is 13.3. The van der Waals surface area contributed by atoms with Gasteiger partial charge in [-0.15, -0.1) is 0 Å². The number of halogens is 2. The number of hydrogen-bond donors (Lipinski definition) is 1. The van der Waals surface area contributed by atoms with Crippen LogP contribution in [0.15, 0.2) is 45.5 Å². The Labute approximate surface area is 114 Å². The van der Waals surface area contributed by atoms with Gasteiger partial charge in [-0.2, -0.15) is 0 Å². The van der Waals surface area contributed by atoms with Crippen LogP contribution in [-0.4, -0.2) is 6.54 Å². The van der Waals surface area contributed by atoms with E-state index in [0.29, 0.717) is 11.3 Å². The van der Waals surface area contributed by atoms with Crippen LogP contribution in [0.4, 0.5) is 4.39 Å². The summed E-state index contributed by atoms with van der Waals surface area (Å²) in [6, 6.07) is 8.38. The molecule has 1 aromatic heterocycles. The molecule has 1 N–H and O–H groups in total. The second-order valence-corrected chi connectivity index (χ2v) is 4.89. The number of rotatable bonds is 5. The average molecular weight is 312 g/mol. The molecule has 1 atom stereocenters. The Bertz CT molecular complexity index is 478. The Balaban J connectivity index is 2.40. The van der Waals surface area contributed by atoms with E-state index in [2.05, 4.69) is 28.2 Å². The standard InChI is InChI=1S/C14H15BrFNO/c1-2-8-17-14(12-7-4-9-18-12)13-10(15)5-3-6-11(13)16/h3-7,9,14,17H,2,8H2,1H3. The largest absolute Gasteiger partial charge is 0.467 e. The van der Waals surface area contributed by atoms with Gasteiger partial charge in [0.1, 0.15) is 11.6 Å². The fourth-order valence-corrected chi connectivity index (χ4v) is 2.45. The summed E-state index contributed by atoms with van der Waals surface area (Å²) in [7, 11) is 0. The second-order valence-electron chi connectivity index (χ2n) is 4.04. The summed E-state index contributed by atoms with van der Waals surface area (Å²) >= 11 is 3.40. The van der Waals surface area contributed by atoms with Crippen LogP contribution in [0.25, 0.3) is 0 Å². The zero-order chi connectivity index (χ0) is 13.0. The molecule has 0 amide bonds. The van der Waals surface area contributed by atoms with Crippen molar-refractivity contribution < 1.29 is 8.81 Å². The van der Waals surface area contributed by atoms with E-state index in [4.69, 9.17) is 4.42 Å². The van der Waals surface area contributed by atoms with Gasteiger partial charge in [0.25, 0.3) is 0 Å². The van der Waals surface area contributed by atoms with Gasteiger partial charge in [-0.1, -0.05) is 28.9 Å². The van der Waals surface area contributed by atoms with Crippen LogP contribution in [-0.2, 0) is 0 Å². The zero-order valence-electron chi connectivity index (χ0n) is 10.1. The maximum absolute atomic E-state index is 14.0. The van der Waals surface area contributed by atoms with E-state index in [0.717, 1.165) is 17.4 Å². The third-order valence-electron chi connectivity index (χ3n) is 2.71. The van der Waals surface area contributed by atoms with Gasteiger partial charge in [-0.3, -0.25) is 0 Å². The molecule has 0 aliphatic heterocycles. The van der Waals surface area contributed by atoms with E-state index < -0.39 is 0 Å². The molecule has 0 saturated heterocycles. The van der Waals surface area contributed by atoms with E-state index in [1.807, 2.05) is 18.2 Å². The zero-order valence-corrected chi connectivity index (χ0v) is 11.7. The first-order valence-electron chi connectivity index (χ1n) is 5.94. The summed E-state index contributed by atoms with van der Waals surface area (Å²) < 4.78 is 20.2. The highest BCUT2D eigenvalue weighted by molar-refractivity contribution is 9.10. The molecule has 0 saturated carbocycles. The third kappa shape index (κ3) is 2.82. The van der Waals surface area contributed by atoms with Gasteiger partial charge in [-0.25, -0.2) is 4.39 Å². The molecule has 2 aromatic rings. The van der Waals surface area contributed by atoms with Crippen molar-refractivity contribution in [3.05, 3.63) is 58.2 Å². The minimum absolute atomic E-state index is 0.241. The van der Waals surface area contributed by atoms with Gasteiger partial charge in [0, 0.05) is 10.0 Å². The number of furan rings is 1. The lowest BCUT2D eigenvalue weighted by Gasteiger charge is -2.18. The molecule has 0 aliphatic rings. The van der Waals surface area contributed by atoms with Crippen LogP contribution >= 0.6 is 15.9 Å². The maximum Gasteiger partial charge on any atom is 0.129 e. The fraction of sp³-hybridized carbons (Fsp3) is 0.286. The molecule has 0 radical (unpaired) electrons. The van der Waals surface area contributed by atoms with Crippen LogP contribution in [0.5, 0.6) is 0 Å². The Morgan fingerprint density at radius 1 is 1.33 bits per heavy atom. The Morgan fingerprint density at radius 3 is 2.78 bits per heavy atom. The predicted octanol–water partition coefficient (Wildman–Crippen LogP) is 4.27. The van der Waals surface area contributed by atoms with Gasteiger partial charge < -0.3 is 9.73 Å². The normalized spacial score (nSPS) is 12.6. The summed E-state index contributed by atoms with van der Waals surface area (Å²) in [6.45, 7) is 2.87. The van der Waals surface area contributed by atoms with E-state index in [1.54, 1.807) is 12.3 Å². The van der Waals surface area contributed by atoms with Crippen molar-refractivity contribution in [1.82, 2.24) is 5.32 Å². The minimum Gasteiger partial charge on any atom is -0.467 e. The van der Waals surface area contributed by atoms with E-state index in [1.165, 1.54) is 6.07 Å². The van der Waals surface area contributed by atoms with Gasteiger partial charge in [0.2, 0.25) is 0 Å². The summed E-state index contributed by atoms with van der Waals surface area (Å²) in [5.41, 5.74) is 0.584. The number of hydrogen-bond acceptors (Lipinski definition) is 2. The van der Waals surface area contributed by atoms with E-state index in [9.17, 15) is 4.39 Å². The predicted molar refractivity (Wildman–Crippen MR) is 72.9 cm³/mol. The molecule has 2 nitrogen and oxygen atoms in total. The average Bonchev–Trinajstić information content (AvgIpc) is 2.86. The highest BCUT2D eigenvalue weighted by Crippen LogP contribution is 2.31. The van der Waals surface area contributed by atoms with Crippen LogP contribution < -0.4 is 5.32 Å². The molecule has 18 heavy (non-hydrogen) atoms. The lowest BCUT2D eigenvalue weighted by Crippen LogP contribution is -2.24. The lowest BCUT2D eigenvalue weighted by molar-refractivity contribution is 0.435. The summed E-state index contributed by atoms with van der Waals surface area (Å²) in [5, 5.41) is 3.31. The molecular formula is C14H15BrFNO. The molecule has 2 rings (SSSR count). The van der Waals surface area contributed by atoms with E-state index >= 15 is 0 Å². The second kappa shape index (κ2) is 6.16. The Morgan fingerprint density at radius 2 is 2.17 bits per heavy atom. The first-order chi connectivity index (χ1) is 8.74. The molecule has 1 aromatic carbocycles. The molecule has 0 aliphatic carbocycles. The van der Waals surface area contributed by atoms with Crippen LogP contribution in [0.3, 0.4) is 0 Å². The quantitative estimate of drug-likeness (QED) is 0.892. The van der Waals surface area contributed by atoms with Crippen LogP contribution in [0.1, 0.15) is 30.7 Å². The maximum atomic E-state index is 14.0. The van der Waals surface area contributed by atoms with Crippen LogP contribution in [0, 0.1) is 5.82 Å². The van der Waals surface area contributed by atoms with Gasteiger partial charge in [0.15, 0.2) is 0 Å². The smallest absolute Gasteiger partial charge is 0.129 e. The van der Waals surface area contributed by atoms with Crippen LogP contribution in [0.2, 0.25) is 0 Å². The Hall–Kier alpha value is -1.13. The molecule has 4 heteroatoms. The van der Waals surface area contributed by atoms with Gasteiger partial charge in [0.05, 0.1) is 12.3 Å². The van der Waals surface area contributed by atoms with Gasteiger partial charge >= 0.3 is 0 Å². The van der Waals surface area contributed by atoms with Crippen molar-refractivity contribution in [3.8, 4) is 0 Å². The van der Waals surface area contributed by atoms with Crippen molar-refractivity contribution in [2.75, 3.05) is 6.54 Å². The highest BCUT2D eigenvalue weighted by atomic mass is 79.9. The monoisotopic (exact) mass is 311 g/mol. The fourth-order valence-electron chi connectivity index (χ4n) is 1.88. The summed E-state index contributed by atoms with van der Waals surface area (Å²) in [6.07, 6.45) is 2.58. The molecule has 96 valence electrons. The molecule has 0 spiro atoms. The molecular weight excluding hydrogens is 297 g/mol. The SMILES string of the molecule is CCCNC(c1ccco1)c1c(F)cccc1Br. The molecule has 1 unspecified atom stereocenters. The van der Waals surface area contributed by atoms with Crippen molar-refractivity contribution >= 4 is 15.9 Å². The molecule has 1 heterocycles. The third-order valence-corrected chi connectivity index (χ3v) is 3.41. The van der Waals surface area contributed by atoms with Gasteiger partial charge in [-0.05, 0) is 37.2 Å². The lowest BCUT2D eigenvalue weighted by atomic mass is 10.0. The summed E-state index contributed by atoms with van der Waals surface area (Å²) in [4.78, 5) is 0. The topological polar surface area (TPSA) is 25.2 Å². The van der Waals surface area contributed by atoms with Crippen molar-refractivity contribution in [2.24, 2.45) is 0 Å².